The van der Waals surface area contributed by atoms with E-state index in [-0.39, 0.29) is 46.5 Å². The quantitative estimate of drug-likeness (QED) is 0.176. The number of aryl methyl sites for hydroxylation is 4. The first-order chi connectivity index (χ1) is 29.0. The van der Waals surface area contributed by atoms with E-state index in [9.17, 15) is 0 Å². The molecule has 0 radical (unpaired) electrons. The molecule has 0 heterocycles. The standard InChI is InChI=1S/2C13H21.2C9H11.2C8H8.2ClH.2Zr/c2*1-12(2,3)10-8-7-9-11(10)13(4,5)6;2*1-2-5-9-7-3-6-8(9)4-1;2*1-2-8-6-4-3-5-7-8;;;;/h2*8H,7H2,1-6H3;2*3,6-7H,1-2,4-5H2;2*3-7H,1H3;2*1H;;/q4*-1;;;;;2*+2/p-2. The summed E-state index contributed by atoms with van der Waals surface area (Å²) in [7, 11) is 0. The predicted molar refractivity (Wildman–Crippen MR) is 267 cm³/mol. The fourth-order valence-corrected chi connectivity index (χ4v) is 9.03. The van der Waals surface area contributed by atoms with Crippen LogP contribution >= 0.6 is 0 Å². The number of halogens is 2. The zero-order chi connectivity index (χ0) is 46.1. The fourth-order valence-electron chi connectivity index (χ4n) is 8.21. The Hall–Kier alpha value is -1.81. The van der Waals surface area contributed by atoms with Crippen molar-refractivity contribution in [3.05, 3.63) is 177 Å². The molecule has 4 aromatic rings. The van der Waals surface area contributed by atoms with Gasteiger partial charge in [0.2, 0.25) is 0 Å². The third-order valence-electron chi connectivity index (χ3n) is 11.5. The Morgan fingerprint density at radius 2 is 0.766 bits per heavy atom. The molecule has 4 aliphatic rings. The van der Waals surface area contributed by atoms with Gasteiger partial charge in [-0.15, -0.1) is 12.8 Å². The van der Waals surface area contributed by atoms with Crippen molar-refractivity contribution in [2.24, 2.45) is 21.7 Å². The van der Waals surface area contributed by atoms with E-state index < -0.39 is 0 Å². The van der Waals surface area contributed by atoms with Crippen molar-refractivity contribution in [2.75, 3.05) is 0 Å². The monoisotopic (exact) mass is 1050 g/mol. The summed E-state index contributed by atoms with van der Waals surface area (Å²) in [6.07, 6.45) is 24.5. The second-order valence-corrected chi connectivity index (χ2v) is 25.0. The minimum Gasteiger partial charge on any atom is -1.00 e. The van der Waals surface area contributed by atoms with E-state index in [1.54, 1.807) is 22.3 Å². The van der Waals surface area contributed by atoms with Crippen LogP contribution in [0, 0.1) is 33.8 Å². The molecule has 344 valence electrons. The third-order valence-corrected chi connectivity index (χ3v) is 13.0. The average Bonchev–Trinajstić information content (AvgIpc) is 4.06. The van der Waals surface area contributed by atoms with Crippen LogP contribution in [0.4, 0.5) is 0 Å². The number of rotatable bonds is 2. The Bertz CT molecular complexity index is 1850. The van der Waals surface area contributed by atoms with Crippen molar-refractivity contribution in [3.63, 3.8) is 0 Å². The van der Waals surface area contributed by atoms with Gasteiger partial charge < -0.3 is 24.8 Å². The minimum atomic E-state index is 0. The van der Waals surface area contributed by atoms with Gasteiger partial charge in [-0.25, -0.2) is 23.3 Å². The summed E-state index contributed by atoms with van der Waals surface area (Å²) >= 11 is 3.01. The largest absolute Gasteiger partial charge is 1.00 e. The number of fused-ring (bicyclic) bond motifs is 2. The van der Waals surface area contributed by atoms with Gasteiger partial charge in [-0.2, -0.15) is 69.8 Å². The molecule has 0 saturated heterocycles. The van der Waals surface area contributed by atoms with E-state index in [4.69, 9.17) is 0 Å². The molecule has 0 aliphatic heterocycles. The molecule has 4 aromatic carbocycles. The van der Waals surface area contributed by atoms with E-state index in [1.807, 2.05) is 12.1 Å². The average molecular weight is 1050 g/mol. The van der Waals surface area contributed by atoms with Crippen LogP contribution in [0.2, 0.25) is 0 Å². The summed E-state index contributed by atoms with van der Waals surface area (Å²) in [5, 5.41) is 0. The van der Waals surface area contributed by atoms with Gasteiger partial charge in [0.15, 0.2) is 0 Å². The van der Waals surface area contributed by atoms with Gasteiger partial charge in [-0.1, -0.05) is 145 Å². The van der Waals surface area contributed by atoms with Crippen molar-refractivity contribution in [2.45, 2.75) is 161 Å². The van der Waals surface area contributed by atoms with Gasteiger partial charge in [-0.3, -0.25) is 12.2 Å². The summed E-state index contributed by atoms with van der Waals surface area (Å²) in [5.74, 6) is 0. The zero-order valence-electron chi connectivity index (χ0n) is 42.2. The Morgan fingerprint density at radius 1 is 0.453 bits per heavy atom. The Morgan fingerprint density at radius 3 is 1.00 bits per heavy atom. The molecule has 0 saturated carbocycles. The van der Waals surface area contributed by atoms with Gasteiger partial charge in [0, 0.05) is 0 Å². The van der Waals surface area contributed by atoms with Crippen molar-refractivity contribution in [1.82, 2.24) is 0 Å². The van der Waals surface area contributed by atoms with Crippen molar-refractivity contribution < 1.29 is 73.3 Å². The van der Waals surface area contributed by atoms with Crippen molar-refractivity contribution in [3.8, 4) is 0 Å². The number of hydrogen-bond donors (Lipinski definition) is 0. The van der Waals surface area contributed by atoms with E-state index in [2.05, 4.69) is 206 Å². The molecule has 0 N–H and O–H groups in total. The molecular formula is C60H80Cl2Zr2-2. The van der Waals surface area contributed by atoms with Crippen LogP contribution in [0.25, 0.3) is 0 Å². The first kappa shape index (κ1) is 60.2. The van der Waals surface area contributed by atoms with Crippen LogP contribution in [0.5, 0.6) is 0 Å². The van der Waals surface area contributed by atoms with Gasteiger partial charge in [-0.05, 0) is 10.8 Å². The normalized spacial score (nSPS) is 15.0. The summed E-state index contributed by atoms with van der Waals surface area (Å²) in [5.41, 5.74) is 16.0. The van der Waals surface area contributed by atoms with Crippen LogP contribution in [0.3, 0.4) is 0 Å². The molecule has 0 bridgehead atoms. The number of benzene rings is 2. The van der Waals surface area contributed by atoms with E-state index >= 15 is 0 Å². The Labute approximate surface area is 435 Å². The summed E-state index contributed by atoms with van der Waals surface area (Å²) in [6, 6.07) is 34.3. The molecule has 0 spiro atoms. The van der Waals surface area contributed by atoms with E-state index in [0.29, 0.717) is 0 Å². The topological polar surface area (TPSA) is 0 Å². The first-order valence-corrected chi connectivity index (χ1v) is 25.8. The van der Waals surface area contributed by atoms with Crippen LogP contribution in [-0.2, 0) is 74.2 Å². The molecule has 0 atom stereocenters. The third kappa shape index (κ3) is 21.0. The number of hydrogen-bond acceptors (Lipinski definition) is 0. The van der Waals surface area contributed by atoms with Crippen LogP contribution < -0.4 is 24.8 Å². The first-order valence-electron chi connectivity index (χ1n) is 23.3. The van der Waals surface area contributed by atoms with Gasteiger partial charge >= 0.3 is 141 Å². The maximum atomic E-state index is 3.48. The van der Waals surface area contributed by atoms with E-state index in [1.165, 1.54) is 140 Å². The number of allylic oxidation sites excluding steroid dienone is 8. The van der Waals surface area contributed by atoms with E-state index in [0.717, 1.165) is 12.8 Å². The molecule has 0 aromatic heterocycles. The van der Waals surface area contributed by atoms with Gasteiger partial charge in [0.25, 0.3) is 0 Å². The maximum Gasteiger partial charge on any atom is -0.0512 e. The van der Waals surface area contributed by atoms with Crippen LogP contribution in [0.1, 0.15) is 169 Å². The Kier molecular flexibility index (Phi) is 26.8. The molecule has 64 heavy (non-hydrogen) atoms. The molecular weight excluding hydrogens is 974 g/mol. The molecule has 0 fully saturated rings. The molecule has 4 aliphatic carbocycles. The Balaban J connectivity index is 0.000000384. The van der Waals surface area contributed by atoms with Gasteiger partial charge in [0.05, 0.1) is 0 Å². The molecule has 4 heteroatoms. The van der Waals surface area contributed by atoms with Crippen molar-refractivity contribution in [1.29, 1.82) is 0 Å². The van der Waals surface area contributed by atoms with Crippen LogP contribution in [-0.4, -0.2) is 6.41 Å². The molecule has 0 amide bonds. The van der Waals surface area contributed by atoms with Crippen molar-refractivity contribution >= 4 is 6.41 Å². The SMILES string of the molecule is CC(C)(C)C1=[C-]CC=C1C(C)(C)C.CC(C)(C)C1=[C-]CC=C1C(C)(C)C.C[C](=[Zr+2])c1ccccc1.C[C](=[Zr+2])c1ccccc1.[Cl-].[Cl-].c1cc2c([cH-]1)CCCC2.c1cc2c([cH-]1)CCCC2. The van der Waals surface area contributed by atoms with Crippen LogP contribution in [0.15, 0.2) is 132 Å². The minimum absolute atomic E-state index is 0. The molecule has 0 unspecified atom stereocenters. The van der Waals surface area contributed by atoms with Gasteiger partial charge in [0.1, 0.15) is 0 Å². The zero-order valence-corrected chi connectivity index (χ0v) is 48.6. The summed E-state index contributed by atoms with van der Waals surface area (Å²) in [4.78, 5) is 0. The maximum absolute atomic E-state index is 3.48. The second kappa shape index (κ2) is 28.5. The second-order valence-electron chi connectivity index (χ2n) is 21.3. The predicted octanol–water partition coefficient (Wildman–Crippen LogP) is 10.4. The smallest absolute Gasteiger partial charge is 0.0512 e. The molecule has 8 rings (SSSR count). The molecule has 0 nitrogen and oxygen atoms in total. The fraction of sp³-hybridized carbons (Fsp3) is 0.467. The summed E-state index contributed by atoms with van der Waals surface area (Å²) < 4.78 is 2.92. The summed E-state index contributed by atoms with van der Waals surface area (Å²) in [6.45, 7) is 31.6.